The molecule has 3 nitrogen and oxygen atoms in total. The molecule has 3 rings (SSSR count). The number of rotatable bonds is 3. The van der Waals surface area contributed by atoms with Gasteiger partial charge in [-0.3, -0.25) is 4.79 Å². The fourth-order valence-corrected chi connectivity index (χ4v) is 4.21. The first-order valence-electron chi connectivity index (χ1n) is 7.71. The third-order valence-electron chi connectivity index (χ3n) is 5.21. The monoisotopic (exact) mass is 263 g/mol. The third kappa shape index (κ3) is 2.12. The molecule has 0 aromatic rings. The van der Waals surface area contributed by atoms with Gasteiger partial charge in [0.2, 0.25) is 5.91 Å². The zero-order valence-electron chi connectivity index (χ0n) is 11.9. The highest BCUT2D eigenvalue weighted by Crippen LogP contribution is 2.45. The van der Waals surface area contributed by atoms with Gasteiger partial charge in [-0.2, -0.15) is 0 Å². The predicted molar refractivity (Wildman–Crippen MR) is 74.5 cm³/mol. The molecule has 0 bridgehead atoms. The minimum Gasteiger partial charge on any atom is -0.356 e. The SMILES string of the molecule is C=CC[C@]1(C)CC2COC(C3CCCCC3)N2C1=O. The summed E-state index contributed by atoms with van der Waals surface area (Å²) < 4.78 is 5.98. The van der Waals surface area contributed by atoms with Crippen LogP contribution in [0.4, 0.5) is 0 Å². The van der Waals surface area contributed by atoms with Crippen LogP contribution in [0.3, 0.4) is 0 Å². The Labute approximate surface area is 116 Å². The van der Waals surface area contributed by atoms with Gasteiger partial charge in [-0.25, -0.2) is 0 Å². The second kappa shape index (κ2) is 4.93. The Balaban J connectivity index is 1.76. The van der Waals surface area contributed by atoms with Gasteiger partial charge in [-0.1, -0.05) is 32.3 Å². The fourth-order valence-electron chi connectivity index (χ4n) is 4.21. The first-order valence-corrected chi connectivity index (χ1v) is 7.71. The molecular formula is C16H25NO2. The summed E-state index contributed by atoms with van der Waals surface area (Å²) in [6, 6.07) is 0.310. The van der Waals surface area contributed by atoms with Gasteiger partial charge in [-0.05, 0) is 25.7 Å². The molecule has 0 N–H and O–H groups in total. The molecule has 3 atom stereocenters. The number of nitrogens with zero attached hydrogens (tertiary/aromatic N) is 1. The molecule has 1 amide bonds. The number of allylic oxidation sites excluding steroid dienone is 1. The van der Waals surface area contributed by atoms with Gasteiger partial charge < -0.3 is 9.64 Å². The van der Waals surface area contributed by atoms with E-state index in [0.29, 0.717) is 17.9 Å². The highest BCUT2D eigenvalue weighted by Gasteiger charge is 2.54. The molecule has 106 valence electrons. The lowest BCUT2D eigenvalue weighted by molar-refractivity contribution is -0.144. The number of carbonyl (C=O) groups is 1. The number of fused-ring (bicyclic) bond motifs is 1. The summed E-state index contributed by atoms with van der Waals surface area (Å²) in [6.07, 6.45) is 10.0. The largest absolute Gasteiger partial charge is 0.356 e. The molecule has 3 fully saturated rings. The molecule has 0 aromatic carbocycles. The molecule has 1 saturated carbocycles. The average molecular weight is 263 g/mol. The molecular weight excluding hydrogens is 238 g/mol. The van der Waals surface area contributed by atoms with Crippen molar-refractivity contribution in [1.29, 1.82) is 0 Å². The van der Waals surface area contributed by atoms with Gasteiger partial charge >= 0.3 is 0 Å². The quantitative estimate of drug-likeness (QED) is 0.732. The smallest absolute Gasteiger partial charge is 0.231 e. The lowest BCUT2D eigenvalue weighted by atomic mass is 9.83. The Morgan fingerprint density at radius 2 is 2.16 bits per heavy atom. The van der Waals surface area contributed by atoms with E-state index < -0.39 is 0 Å². The van der Waals surface area contributed by atoms with E-state index in [0.717, 1.165) is 19.4 Å². The normalized spacial score (nSPS) is 39.6. The summed E-state index contributed by atoms with van der Waals surface area (Å²) in [7, 11) is 0. The van der Waals surface area contributed by atoms with Crippen molar-refractivity contribution in [2.45, 2.75) is 64.1 Å². The van der Waals surface area contributed by atoms with Crippen LogP contribution in [0.25, 0.3) is 0 Å². The van der Waals surface area contributed by atoms with E-state index >= 15 is 0 Å². The van der Waals surface area contributed by atoms with Crippen molar-refractivity contribution < 1.29 is 9.53 Å². The minimum atomic E-state index is -0.233. The van der Waals surface area contributed by atoms with Crippen LogP contribution in [0.5, 0.6) is 0 Å². The summed E-state index contributed by atoms with van der Waals surface area (Å²) >= 11 is 0. The molecule has 2 aliphatic heterocycles. The highest BCUT2D eigenvalue weighted by molar-refractivity contribution is 5.85. The second-order valence-corrected chi connectivity index (χ2v) is 6.75. The highest BCUT2D eigenvalue weighted by atomic mass is 16.5. The van der Waals surface area contributed by atoms with Gasteiger partial charge in [0.05, 0.1) is 18.1 Å². The van der Waals surface area contributed by atoms with E-state index in [-0.39, 0.29) is 11.6 Å². The van der Waals surface area contributed by atoms with Crippen molar-refractivity contribution in [1.82, 2.24) is 4.90 Å². The summed E-state index contributed by atoms with van der Waals surface area (Å²) in [5, 5.41) is 0. The van der Waals surface area contributed by atoms with Crippen LogP contribution < -0.4 is 0 Å². The number of ether oxygens (including phenoxy) is 1. The van der Waals surface area contributed by atoms with Gasteiger partial charge in [0.25, 0.3) is 0 Å². The van der Waals surface area contributed by atoms with E-state index in [4.69, 9.17) is 4.74 Å². The summed E-state index contributed by atoms with van der Waals surface area (Å²) in [5.41, 5.74) is -0.233. The van der Waals surface area contributed by atoms with Crippen LogP contribution in [0.1, 0.15) is 51.9 Å². The zero-order chi connectivity index (χ0) is 13.5. The maximum Gasteiger partial charge on any atom is 0.231 e. The minimum absolute atomic E-state index is 0.0597. The molecule has 0 spiro atoms. The lowest BCUT2D eigenvalue weighted by Crippen LogP contribution is -2.43. The molecule has 0 radical (unpaired) electrons. The van der Waals surface area contributed by atoms with Crippen molar-refractivity contribution in [3.05, 3.63) is 12.7 Å². The van der Waals surface area contributed by atoms with E-state index in [1.54, 1.807) is 0 Å². The van der Waals surface area contributed by atoms with Crippen molar-refractivity contribution >= 4 is 5.91 Å². The number of carbonyl (C=O) groups excluding carboxylic acids is 1. The number of hydrogen-bond donors (Lipinski definition) is 0. The Bertz CT molecular complexity index is 375. The van der Waals surface area contributed by atoms with Crippen LogP contribution in [0, 0.1) is 11.3 Å². The molecule has 2 unspecified atom stereocenters. The lowest BCUT2D eigenvalue weighted by Gasteiger charge is -2.33. The molecule has 3 heteroatoms. The average Bonchev–Trinajstić information content (AvgIpc) is 2.91. The number of amides is 1. The first kappa shape index (κ1) is 13.2. The fraction of sp³-hybridized carbons (Fsp3) is 0.812. The maximum atomic E-state index is 12.7. The van der Waals surface area contributed by atoms with Gasteiger partial charge in [-0.15, -0.1) is 6.58 Å². The van der Waals surface area contributed by atoms with Crippen molar-refractivity contribution in [3.8, 4) is 0 Å². The van der Waals surface area contributed by atoms with Crippen LogP contribution >= 0.6 is 0 Å². The third-order valence-corrected chi connectivity index (χ3v) is 5.21. The Morgan fingerprint density at radius 1 is 1.42 bits per heavy atom. The van der Waals surface area contributed by atoms with Gasteiger partial charge in [0, 0.05) is 5.92 Å². The Hall–Kier alpha value is -0.830. The van der Waals surface area contributed by atoms with E-state index in [1.165, 1.54) is 32.1 Å². The number of hydrogen-bond acceptors (Lipinski definition) is 2. The summed E-state index contributed by atoms with van der Waals surface area (Å²) in [6.45, 7) is 6.63. The zero-order valence-corrected chi connectivity index (χ0v) is 11.9. The van der Waals surface area contributed by atoms with Crippen LogP contribution in [0.15, 0.2) is 12.7 Å². The molecule has 2 heterocycles. The van der Waals surface area contributed by atoms with Crippen molar-refractivity contribution in [2.24, 2.45) is 11.3 Å². The van der Waals surface area contributed by atoms with Crippen LogP contribution in [0.2, 0.25) is 0 Å². The summed E-state index contributed by atoms with van der Waals surface area (Å²) in [5.74, 6) is 0.860. The molecule has 0 aromatic heterocycles. The molecule has 1 aliphatic carbocycles. The standard InChI is InChI=1S/C16H25NO2/c1-3-9-16(2)10-13-11-19-14(17(13)15(16)18)12-7-5-4-6-8-12/h3,12-14H,1,4-11H2,2H3/t13?,14?,16-/m1/s1. The van der Waals surface area contributed by atoms with Gasteiger partial charge in [0.1, 0.15) is 6.23 Å². The van der Waals surface area contributed by atoms with Gasteiger partial charge in [0.15, 0.2) is 0 Å². The topological polar surface area (TPSA) is 29.5 Å². The predicted octanol–water partition coefficient (Wildman–Crippen LogP) is 3.11. The van der Waals surface area contributed by atoms with Crippen LogP contribution in [-0.4, -0.2) is 29.7 Å². The second-order valence-electron chi connectivity index (χ2n) is 6.75. The van der Waals surface area contributed by atoms with E-state index in [9.17, 15) is 4.79 Å². The maximum absolute atomic E-state index is 12.7. The summed E-state index contributed by atoms with van der Waals surface area (Å²) in [4.78, 5) is 14.8. The van der Waals surface area contributed by atoms with Crippen molar-refractivity contribution in [2.75, 3.05) is 6.61 Å². The van der Waals surface area contributed by atoms with E-state index in [2.05, 4.69) is 18.4 Å². The van der Waals surface area contributed by atoms with Crippen LogP contribution in [-0.2, 0) is 9.53 Å². The Kier molecular flexibility index (Phi) is 3.42. The first-order chi connectivity index (χ1) is 9.15. The molecule has 3 aliphatic rings. The Morgan fingerprint density at radius 3 is 2.84 bits per heavy atom. The van der Waals surface area contributed by atoms with Crippen molar-refractivity contribution in [3.63, 3.8) is 0 Å². The van der Waals surface area contributed by atoms with E-state index in [1.807, 2.05) is 6.08 Å². The molecule has 19 heavy (non-hydrogen) atoms. The molecule has 2 saturated heterocycles.